The van der Waals surface area contributed by atoms with E-state index in [1.54, 1.807) is 24.3 Å². The van der Waals surface area contributed by atoms with Crippen molar-refractivity contribution in [3.63, 3.8) is 0 Å². The molecule has 0 aliphatic carbocycles. The number of carbonyl (C=O) groups excluding carboxylic acids is 1. The third kappa shape index (κ3) is 4.11. The molecule has 0 spiro atoms. The van der Waals surface area contributed by atoms with E-state index in [1.165, 1.54) is 6.20 Å². The van der Waals surface area contributed by atoms with Crippen molar-refractivity contribution >= 4 is 28.4 Å². The van der Waals surface area contributed by atoms with Crippen LogP contribution in [-0.2, 0) is 18.3 Å². The smallest absolute Gasteiger partial charge is 0.338 e. The Balaban J connectivity index is 1.80. The molecule has 3 rings (SSSR count). The SMILES string of the molecule is Cn1ccc2c(CNc3ccc(C(=O)OC(C)(C)C)cc3)c([N+](=O)[O-])cnc21. The highest BCUT2D eigenvalue weighted by Gasteiger charge is 2.20. The Kier molecular flexibility index (Phi) is 5.04. The molecule has 8 nitrogen and oxygen atoms in total. The van der Waals surface area contributed by atoms with Crippen LogP contribution in [0, 0.1) is 10.1 Å². The predicted molar refractivity (Wildman–Crippen MR) is 106 cm³/mol. The van der Waals surface area contributed by atoms with Crippen LogP contribution in [0.3, 0.4) is 0 Å². The number of nitro groups is 1. The van der Waals surface area contributed by atoms with E-state index in [-0.39, 0.29) is 12.2 Å². The number of ether oxygens (including phenoxy) is 1. The second kappa shape index (κ2) is 7.30. The number of aromatic nitrogens is 2. The number of nitrogens with one attached hydrogen (secondary N) is 1. The third-order valence-corrected chi connectivity index (χ3v) is 4.17. The van der Waals surface area contributed by atoms with Gasteiger partial charge in [-0.3, -0.25) is 10.1 Å². The maximum absolute atomic E-state index is 12.1. The van der Waals surface area contributed by atoms with Gasteiger partial charge in [-0.2, -0.15) is 0 Å². The Morgan fingerprint density at radius 3 is 2.54 bits per heavy atom. The second-order valence-corrected chi connectivity index (χ2v) is 7.48. The van der Waals surface area contributed by atoms with Gasteiger partial charge in [-0.15, -0.1) is 0 Å². The van der Waals surface area contributed by atoms with Gasteiger partial charge < -0.3 is 14.6 Å². The van der Waals surface area contributed by atoms with Crippen LogP contribution >= 0.6 is 0 Å². The Labute approximate surface area is 162 Å². The molecule has 8 heteroatoms. The highest BCUT2D eigenvalue weighted by molar-refractivity contribution is 5.90. The van der Waals surface area contributed by atoms with E-state index in [0.29, 0.717) is 16.8 Å². The first-order chi connectivity index (χ1) is 13.2. The first-order valence-corrected chi connectivity index (χ1v) is 8.80. The largest absolute Gasteiger partial charge is 0.456 e. The summed E-state index contributed by atoms with van der Waals surface area (Å²) in [5, 5.41) is 15.3. The molecule has 2 aromatic heterocycles. The minimum Gasteiger partial charge on any atom is -0.456 e. The monoisotopic (exact) mass is 382 g/mol. The molecule has 0 radical (unpaired) electrons. The number of pyridine rings is 1. The van der Waals surface area contributed by atoms with Gasteiger partial charge in [-0.25, -0.2) is 9.78 Å². The van der Waals surface area contributed by atoms with E-state index in [4.69, 9.17) is 4.74 Å². The Bertz CT molecular complexity index is 1030. The van der Waals surface area contributed by atoms with Gasteiger partial charge in [0.25, 0.3) is 5.69 Å². The average Bonchev–Trinajstić information content (AvgIpc) is 3.00. The maximum Gasteiger partial charge on any atom is 0.338 e. The molecule has 0 saturated carbocycles. The van der Waals surface area contributed by atoms with Crippen molar-refractivity contribution in [2.24, 2.45) is 7.05 Å². The number of hydrogen-bond acceptors (Lipinski definition) is 6. The highest BCUT2D eigenvalue weighted by Crippen LogP contribution is 2.27. The van der Waals surface area contributed by atoms with Crippen LogP contribution in [0.5, 0.6) is 0 Å². The molecule has 1 aromatic carbocycles. The van der Waals surface area contributed by atoms with Gasteiger partial charge in [0, 0.05) is 30.9 Å². The molecule has 0 bridgehead atoms. The van der Waals surface area contributed by atoms with Crippen LogP contribution in [0.2, 0.25) is 0 Å². The van der Waals surface area contributed by atoms with E-state index in [0.717, 1.165) is 11.1 Å². The molecule has 2 heterocycles. The number of esters is 1. The summed E-state index contributed by atoms with van der Waals surface area (Å²) in [5.41, 5.74) is 1.84. The lowest BCUT2D eigenvalue weighted by Gasteiger charge is -2.19. The molecule has 0 amide bonds. The number of aryl methyl sites for hydroxylation is 1. The molecule has 146 valence electrons. The van der Waals surface area contributed by atoms with Gasteiger partial charge in [0.05, 0.1) is 16.1 Å². The summed E-state index contributed by atoms with van der Waals surface area (Å²) in [5.74, 6) is -0.394. The molecular weight excluding hydrogens is 360 g/mol. The first kappa shape index (κ1) is 19.3. The summed E-state index contributed by atoms with van der Waals surface area (Å²) in [7, 11) is 1.84. The number of rotatable bonds is 5. The molecule has 0 saturated heterocycles. The molecular formula is C20H22N4O4. The molecule has 0 atom stereocenters. The summed E-state index contributed by atoms with van der Waals surface area (Å²) in [4.78, 5) is 27.2. The van der Waals surface area contributed by atoms with E-state index in [2.05, 4.69) is 10.3 Å². The summed E-state index contributed by atoms with van der Waals surface area (Å²) < 4.78 is 7.16. The average molecular weight is 382 g/mol. The summed E-state index contributed by atoms with van der Waals surface area (Å²) in [6.07, 6.45) is 3.10. The Hall–Kier alpha value is -3.42. The van der Waals surface area contributed by atoms with Crippen molar-refractivity contribution in [2.75, 3.05) is 5.32 Å². The lowest BCUT2D eigenvalue weighted by Crippen LogP contribution is -2.23. The van der Waals surface area contributed by atoms with E-state index < -0.39 is 16.5 Å². The third-order valence-electron chi connectivity index (χ3n) is 4.17. The van der Waals surface area contributed by atoms with Crippen LogP contribution in [0.1, 0.15) is 36.7 Å². The van der Waals surface area contributed by atoms with E-state index in [9.17, 15) is 14.9 Å². The second-order valence-electron chi connectivity index (χ2n) is 7.48. The van der Waals surface area contributed by atoms with Crippen LogP contribution < -0.4 is 5.32 Å². The quantitative estimate of drug-likeness (QED) is 0.406. The van der Waals surface area contributed by atoms with Gasteiger partial charge >= 0.3 is 5.97 Å². The number of nitrogens with zero attached hydrogens (tertiary/aromatic N) is 3. The van der Waals surface area contributed by atoms with Crippen molar-refractivity contribution in [3.05, 3.63) is 64.0 Å². The predicted octanol–water partition coefficient (Wildman–Crippen LogP) is 4.05. The topological polar surface area (TPSA) is 99.3 Å². The minimum absolute atomic E-state index is 0.0309. The highest BCUT2D eigenvalue weighted by atomic mass is 16.6. The van der Waals surface area contributed by atoms with E-state index >= 15 is 0 Å². The fourth-order valence-corrected chi connectivity index (χ4v) is 2.85. The molecule has 0 aliphatic heterocycles. The van der Waals surface area contributed by atoms with Gasteiger partial charge in [-0.1, -0.05) is 0 Å². The minimum atomic E-state index is -0.560. The first-order valence-electron chi connectivity index (χ1n) is 8.80. The molecule has 28 heavy (non-hydrogen) atoms. The fourth-order valence-electron chi connectivity index (χ4n) is 2.85. The fraction of sp³-hybridized carbons (Fsp3) is 0.300. The summed E-state index contributed by atoms with van der Waals surface area (Å²) in [6.45, 7) is 5.69. The summed E-state index contributed by atoms with van der Waals surface area (Å²) >= 11 is 0. The van der Waals surface area contributed by atoms with Crippen LogP contribution in [0.25, 0.3) is 11.0 Å². The van der Waals surface area contributed by atoms with Gasteiger partial charge in [-0.05, 0) is 51.1 Å². The zero-order valence-electron chi connectivity index (χ0n) is 16.2. The van der Waals surface area contributed by atoms with Crippen molar-refractivity contribution in [1.82, 2.24) is 9.55 Å². The van der Waals surface area contributed by atoms with E-state index in [1.807, 2.05) is 44.6 Å². The van der Waals surface area contributed by atoms with Gasteiger partial charge in [0.15, 0.2) is 0 Å². The molecule has 3 aromatic rings. The lowest BCUT2D eigenvalue weighted by molar-refractivity contribution is -0.385. The Morgan fingerprint density at radius 2 is 1.93 bits per heavy atom. The number of anilines is 1. The van der Waals surface area contributed by atoms with Crippen molar-refractivity contribution in [1.29, 1.82) is 0 Å². The zero-order chi connectivity index (χ0) is 20.5. The maximum atomic E-state index is 12.1. The summed E-state index contributed by atoms with van der Waals surface area (Å²) in [6, 6.07) is 8.63. The van der Waals surface area contributed by atoms with Gasteiger partial charge in [0.1, 0.15) is 17.4 Å². The van der Waals surface area contributed by atoms with Gasteiger partial charge in [0.2, 0.25) is 0 Å². The van der Waals surface area contributed by atoms with Crippen molar-refractivity contribution in [3.8, 4) is 0 Å². The number of fused-ring (bicyclic) bond motifs is 1. The Morgan fingerprint density at radius 1 is 1.25 bits per heavy atom. The van der Waals surface area contributed by atoms with Crippen molar-refractivity contribution in [2.45, 2.75) is 32.9 Å². The normalized spacial score (nSPS) is 11.4. The lowest BCUT2D eigenvalue weighted by atomic mass is 10.1. The van der Waals surface area contributed by atoms with Crippen molar-refractivity contribution < 1.29 is 14.5 Å². The van der Waals surface area contributed by atoms with Crippen LogP contribution in [0.15, 0.2) is 42.7 Å². The number of carbonyl (C=O) groups is 1. The van der Waals surface area contributed by atoms with Crippen LogP contribution in [0.4, 0.5) is 11.4 Å². The molecule has 0 fully saturated rings. The van der Waals surface area contributed by atoms with Crippen LogP contribution in [-0.4, -0.2) is 26.0 Å². The molecule has 1 N–H and O–H groups in total. The molecule has 0 aliphatic rings. The standard InChI is InChI=1S/C20H22N4O4/c1-20(2,3)28-19(25)13-5-7-14(8-6-13)21-11-16-15-9-10-23(4)18(15)22-12-17(16)24(26)27/h5-10,12,21H,11H2,1-4H3. The molecule has 0 unspecified atom stereocenters. The number of hydrogen-bond donors (Lipinski definition) is 1. The number of benzene rings is 1. The zero-order valence-corrected chi connectivity index (χ0v) is 16.2.